The van der Waals surface area contributed by atoms with Crippen molar-refractivity contribution < 1.29 is 19.1 Å². The van der Waals surface area contributed by atoms with Crippen molar-refractivity contribution >= 4 is 17.6 Å². The quantitative estimate of drug-likeness (QED) is 0.502. The third-order valence-corrected chi connectivity index (χ3v) is 5.66. The van der Waals surface area contributed by atoms with Crippen molar-refractivity contribution in [2.45, 2.75) is 26.7 Å². The van der Waals surface area contributed by atoms with E-state index in [0.717, 1.165) is 24.3 Å². The molecule has 0 atom stereocenters. The SMILES string of the molecule is CCOC(=O)c1c2ccc(N3CCCC3)ccc-2c(C(=O)OCC)c1-c1ccccc1. The summed E-state index contributed by atoms with van der Waals surface area (Å²) in [5, 5.41) is 0. The molecule has 1 fully saturated rings. The van der Waals surface area contributed by atoms with E-state index in [2.05, 4.69) is 4.90 Å². The third-order valence-electron chi connectivity index (χ3n) is 5.66. The molecule has 1 saturated heterocycles. The number of anilines is 1. The van der Waals surface area contributed by atoms with Crippen LogP contribution >= 0.6 is 0 Å². The zero-order chi connectivity index (χ0) is 21.8. The Balaban J connectivity index is 2.01. The van der Waals surface area contributed by atoms with Gasteiger partial charge in [-0.1, -0.05) is 42.5 Å². The summed E-state index contributed by atoms with van der Waals surface area (Å²) in [5.41, 5.74) is 4.66. The number of fused-ring (bicyclic) bond motifs is 1. The van der Waals surface area contributed by atoms with Crippen molar-refractivity contribution in [3.63, 3.8) is 0 Å². The van der Waals surface area contributed by atoms with Gasteiger partial charge in [-0.15, -0.1) is 0 Å². The molecule has 0 unspecified atom stereocenters. The Hall–Kier alpha value is -3.34. The van der Waals surface area contributed by atoms with E-state index in [-0.39, 0.29) is 13.2 Å². The van der Waals surface area contributed by atoms with Gasteiger partial charge in [0.2, 0.25) is 0 Å². The van der Waals surface area contributed by atoms with Gasteiger partial charge in [-0.3, -0.25) is 0 Å². The highest BCUT2D eigenvalue weighted by Gasteiger charge is 2.32. The lowest BCUT2D eigenvalue weighted by molar-refractivity contribution is 0.0525. The van der Waals surface area contributed by atoms with E-state index in [0.29, 0.717) is 27.8 Å². The number of ether oxygens (including phenoxy) is 2. The van der Waals surface area contributed by atoms with E-state index in [1.807, 2.05) is 54.6 Å². The maximum Gasteiger partial charge on any atom is 0.339 e. The van der Waals surface area contributed by atoms with Gasteiger partial charge in [0.1, 0.15) is 0 Å². The Morgan fingerprint density at radius 3 is 1.77 bits per heavy atom. The smallest absolute Gasteiger partial charge is 0.339 e. The third kappa shape index (κ3) is 4.00. The summed E-state index contributed by atoms with van der Waals surface area (Å²) in [6.45, 7) is 6.10. The van der Waals surface area contributed by atoms with Crippen molar-refractivity contribution in [2.24, 2.45) is 0 Å². The lowest BCUT2D eigenvalue weighted by Gasteiger charge is -2.15. The van der Waals surface area contributed by atoms with Crippen molar-refractivity contribution in [3.05, 3.63) is 65.7 Å². The van der Waals surface area contributed by atoms with Crippen LogP contribution < -0.4 is 4.90 Å². The highest BCUT2D eigenvalue weighted by molar-refractivity contribution is 6.17. The molecule has 1 aromatic rings. The van der Waals surface area contributed by atoms with Crippen LogP contribution in [0.1, 0.15) is 47.4 Å². The lowest BCUT2D eigenvalue weighted by Crippen LogP contribution is -2.16. The summed E-state index contributed by atoms with van der Waals surface area (Å²) < 4.78 is 10.8. The fraction of sp³-hybridized carbons (Fsp3) is 0.308. The molecule has 0 spiro atoms. The summed E-state index contributed by atoms with van der Waals surface area (Å²) in [6, 6.07) is 17.4. The largest absolute Gasteiger partial charge is 0.462 e. The van der Waals surface area contributed by atoms with Crippen LogP contribution in [-0.4, -0.2) is 38.2 Å². The Labute approximate surface area is 182 Å². The molecular weight excluding hydrogens is 390 g/mol. The maximum atomic E-state index is 13.1. The monoisotopic (exact) mass is 417 g/mol. The summed E-state index contributed by atoms with van der Waals surface area (Å²) in [6.07, 6.45) is 2.34. The van der Waals surface area contributed by atoms with Gasteiger partial charge in [0.05, 0.1) is 24.3 Å². The lowest BCUT2D eigenvalue weighted by atomic mass is 10.00. The maximum absolute atomic E-state index is 13.1. The first-order valence-corrected chi connectivity index (χ1v) is 10.9. The second-order valence-corrected chi connectivity index (χ2v) is 7.55. The van der Waals surface area contributed by atoms with E-state index in [1.54, 1.807) is 13.8 Å². The number of esters is 2. The first-order valence-electron chi connectivity index (χ1n) is 10.9. The van der Waals surface area contributed by atoms with Crippen LogP contribution in [0, 0.1) is 0 Å². The zero-order valence-electron chi connectivity index (χ0n) is 18.0. The van der Waals surface area contributed by atoms with Gasteiger partial charge in [-0.05, 0) is 55.5 Å². The molecular formula is C26H27NO4. The van der Waals surface area contributed by atoms with E-state index >= 15 is 0 Å². The Morgan fingerprint density at radius 1 is 0.774 bits per heavy atom. The number of carbonyl (C=O) groups excluding carboxylic acids is 2. The first kappa shape index (κ1) is 20.9. The predicted molar refractivity (Wildman–Crippen MR) is 122 cm³/mol. The molecule has 0 bridgehead atoms. The second-order valence-electron chi connectivity index (χ2n) is 7.55. The van der Waals surface area contributed by atoms with Gasteiger partial charge >= 0.3 is 11.9 Å². The van der Waals surface area contributed by atoms with Crippen LogP contribution in [0.5, 0.6) is 0 Å². The molecule has 31 heavy (non-hydrogen) atoms. The second kappa shape index (κ2) is 9.21. The molecule has 0 N–H and O–H groups in total. The first-order chi connectivity index (χ1) is 15.2. The van der Waals surface area contributed by atoms with Gasteiger partial charge < -0.3 is 14.4 Å². The van der Waals surface area contributed by atoms with E-state index in [4.69, 9.17) is 9.47 Å². The predicted octanol–water partition coefficient (Wildman–Crippen LogP) is 5.41. The average Bonchev–Trinajstić information content (AvgIpc) is 3.37. The summed E-state index contributed by atoms with van der Waals surface area (Å²) >= 11 is 0. The standard InChI is InChI=1S/C26H27NO4/c1-3-30-25(28)23-20-14-12-19(27-16-8-9-17-27)13-15-21(20)24(26(29)31-4-2)22(23)18-10-6-5-7-11-18/h5-7,10-15H,3-4,8-9,16-17H2,1-2H3. The molecule has 0 aromatic heterocycles. The molecule has 0 amide bonds. The molecule has 5 nitrogen and oxygen atoms in total. The molecule has 1 aliphatic heterocycles. The molecule has 4 rings (SSSR count). The molecule has 0 radical (unpaired) electrons. The number of nitrogens with zero attached hydrogens (tertiary/aromatic N) is 1. The number of hydrogen-bond acceptors (Lipinski definition) is 5. The molecule has 1 aromatic carbocycles. The molecule has 2 aliphatic carbocycles. The minimum absolute atomic E-state index is 0.256. The molecule has 3 aliphatic rings. The average molecular weight is 418 g/mol. The van der Waals surface area contributed by atoms with E-state index < -0.39 is 11.9 Å². The number of carbonyl (C=O) groups is 2. The molecule has 160 valence electrons. The minimum atomic E-state index is -0.434. The highest BCUT2D eigenvalue weighted by Crippen LogP contribution is 2.44. The van der Waals surface area contributed by atoms with Gasteiger partial charge in [0.15, 0.2) is 0 Å². The number of hydrogen-bond donors (Lipinski definition) is 0. The van der Waals surface area contributed by atoms with Crippen LogP contribution in [-0.2, 0) is 9.47 Å². The Morgan fingerprint density at radius 2 is 1.29 bits per heavy atom. The summed E-state index contributed by atoms with van der Waals surface area (Å²) in [5.74, 6) is -0.869. The molecule has 1 heterocycles. The van der Waals surface area contributed by atoms with E-state index in [1.165, 1.54) is 12.8 Å². The summed E-state index contributed by atoms with van der Waals surface area (Å²) in [4.78, 5) is 28.5. The number of rotatable bonds is 6. The van der Waals surface area contributed by atoms with Gasteiger partial charge in [-0.2, -0.15) is 0 Å². The van der Waals surface area contributed by atoms with Crippen LogP contribution in [0.4, 0.5) is 5.69 Å². The van der Waals surface area contributed by atoms with E-state index in [9.17, 15) is 9.59 Å². The van der Waals surface area contributed by atoms with Gasteiger partial charge in [-0.25, -0.2) is 9.59 Å². The fourth-order valence-electron chi connectivity index (χ4n) is 4.31. The van der Waals surface area contributed by atoms with Crippen molar-refractivity contribution in [1.82, 2.24) is 0 Å². The van der Waals surface area contributed by atoms with Gasteiger partial charge in [0.25, 0.3) is 0 Å². The number of benzene rings is 1. The normalized spacial score (nSPS) is 13.4. The molecule has 5 heteroatoms. The molecule has 0 saturated carbocycles. The van der Waals surface area contributed by atoms with Crippen LogP contribution in [0.2, 0.25) is 0 Å². The Kier molecular flexibility index (Phi) is 6.21. The summed E-state index contributed by atoms with van der Waals surface area (Å²) in [7, 11) is 0. The highest BCUT2D eigenvalue weighted by atomic mass is 16.5. The van der Waals surface area contributed by atoms with Crippen molar-refractivity contribution in [2.75, 3.05) is 31.2 Å². The topological polar surface area (TPSA) is 55.8 Å². The van der Waals surface area contributed by atoms with Gasteiger partial charge in [0, 0.05) is 24.3 Å². The van der Waals surface area contributed by atoms with Crippen LogP contribution in [0.15, 0.2) is 54.6 Å². The van der Waals surface area contributed by atoms with Crippen molar-refractivity contribution in [3.8, 4) is 22.3 Å². The van der Waals surface area contributed by atoms with Crippen LogP contribution in [0.3, 0.4) is 0 Å². The fourth-order valence-corrected chi connectivity index (χ4v) is 4.31. The Bertz CT molecular complexity index is 999. The minimum Gasteiger partial charge on any atom is -0.462 e. The van der Waals surface area contributed by atoms with Crippen molar-refractivity contribution in [1.29, 1.82) is 0 Å². The van der Waals surface area contributed by atoms with Crippen LogP contribution in [0.25, 0.3) is 22.3 Å². The zero-order valence-corrected chi connectivity index (χ0v) is 18.0.